The Bertz CT molecular complexity index is 574. The zero-order valence-corrected chi connectivity index (χ0v) is 11.6. The Morgan fingerprint density at radius 1 is 1.42 bits per heavy atom. The van der Waals surface area contributed by atoms with Crippen molar-refractivity contribution in [3.63, 3.8) is 0 Å². The lowest BCUT2D eigenvalue weighted by atomic mass is 9.92. The lowest BCUT2D eigenvalue weighted by molar-refractivity contribution is -0.128. The molecule has 5 nitrogen and oxygen atoms in total. The summed E-state index contributed by atoms with van der Waals surface area (Å²) >= 11 is 0. The van der Waals surface area contributed by atoms with Gasteiger partial charge in [0.2, 0.25) is 5.91 Å². The van der Waals surface area contributed by atoms with Crippen LogP contribution in [0.4, 0.5) is 0 Å². The highest BCUT2D eigenvalue weighted by atomic mass is 16.2. The van der Waals surface area contributed by atoms with E-state index < -0.39 is 5.41 Å². The maximum absolute atomic E-state index is 11.7. The molecule has 19 heavy (non-hydrogen) atoms. The van der Waals surface area contributed by atoms with E-state index in [1.54, 1.807) is 7.05 Å². The minimum absolute atomic E-state index is 0.0415. The Morgan fingerprint density at radius 3 is 2.95 bits per heavy atom. The minimum atomic E-state index is -0.419. The molecule has 0 saturated heterocycles. The molecule has 5 heteroatoms. The fourth-order valence-corrected chi connectivity index (χ4v) is 2.05. The summed E-state index contributed by atoms with van der Waals surface area (Å²) in [4.78, 5) is 11.7. The highest BCUT2D eigenvalue weighted by Crippen LogP contribution is 2.14. The van der Waals surface area contributed by atoms with Gasteiger partial charge in [0.05, 0.1) is 17.1 Å². The maximum Gasteiger partial charge on any atom is 0.226 e. The van der Waals surface area contributed by atoms with Crippen molar-refractivity contribution in [2.45, 2.75) is 20.4 Å². The summed E-state index contributed by atoms with van der Waals surface area (Å²) in [6.45, 7) is 5.18. The van der Waals surface area contributed by atoms with E-state index in [2.05, 4.69) is 15.7 Å². The molecular formula is C14H20N4O. The highest BCUT2D eigenvalue weighted by molar-refractivity contribution is 5.81. The SMILES string of the molecule is CNC(=O)C(C)(C)CNCc1cnn2ccccc12. The Balaban J connectivity index is 1.98. The van der Waals surface area contributed by atoms with Gasteiger partial charge in [0.25, 0.3) is 0 Å². The first-order valence-electron chi connectivity index (χ1n) is 6.39. The molecule has 0 aliphatic rings. The number of nitrogens with one attached hydrogen (secondary N) is 2. The number of fused-ring (bicyclic) bond motifs is 1. The van der Waals surface area contributed by atoms with Crippen LogP contribution in [-0.2, 0) is 11.3 Å². The van der Waals surface area contributed by atoms with E-state index in [4.69, 9.17) is 0 Å². The van der Waals surface area contributed by atoms with Gasteiger partial charge in [-0.1, -0.05) is 6.07 Å². The molecular weight excluding hydrogens is 240 g/mol. The molecule has 0 aliphatic carbocycles. The van der Waals surface area contributed by atoms with Crippen LogP contribution in [0.25, 0.3) is 5.52 Å². The lowest BCUT2D eigenvalue weighted by Crippen LogP contribution is -2.41. The van der Waals surface area contributed by atoms with Gasteiger partial charge in [-0.25, -0.2) is 4.52 Å². The van der Waals surface area contributed by atoms with Gasteiger partial charge in [0, 0.05) is 31.9 Å². The van der Waals surface area contributed by atoms with Gasteiger partial charge in [0.1, 0.15) is 0 Å². The molecule has 2 heterocycles. The van der Waals surface area contributed by atoms with E-state index in [1.807, 2.05) is 49.0 Å². The number of carbonyl (C=O) groups is 1. The predicted molar refractivity (Wildman–Crippen MR) is 74.7 cm³/mol. The van der Waals surface area contributed by atoms with Crippen LogP contribution in [0.15, 0.2) is 30.6 Å². The third-order valence-electron chi connectivity index (χ3n) is 3.23. The Morgan fingerprint density at radius 2 is 2.21 bits per heavy atom. The van der Waals surface area contributed by atoms with E-state index in [0.29, 0.717) is 13.1 Å². The van der Waals surface area contributed by atoms with E-state index in [9.17, 15) is 4.79 Å². The number of pyridine rings is 1. The first-order valence-corrected chi connectivity index (χ1v) is 6.39. The number of hydrogen-bond acceptors (Lipinski definition) is 3. The maximum atomic E-state index is 11.7. The summed E-state index contributed by atoms with van der Waals surface area (Å²) in [5, 5.41) is 10.3. The van der Waals surface area contributed by atoms with Crippen LogP contribution >= 0.6 is 0 Å². The van der Waals surface area contributed by atoms with Gasteiger partial charge in [0.15, 0.2) is 0 Å². The van der Waals surface area contributed by atoms with Crippen LogP contribution in [0.3, 0.4) is 0 Å². The Labute approximate surface area is 113 Å². The van der Waals surface area contributed by atoms with Gasteiger partial charge >= 0.3 is 0 Å². The molecule has 0 unspecified atom stereocenters. The number of rotatable bonds is 5. The van der Waals surface area contributed by atoms with Crippen LogP contribution in [0.1, 0.15) is 19.4 Å². The zero-order chi connectivity index (χ0) is 13.9. The predicted octanol–water partition coefficient (Wildman–Crippen LogP) is 1.20. The van der Waals surface area contributed by atoms with Crippen LogP contribution in [0.2, 0.25) is 0 Å². The largest absolute Gasteiger partial charge is 0.359 e. The normalized spacial score (nSPS) is 11.7. The molecule has 2 aromatic heterocycles. The van der Waals surface area contributed by atoms with Gasteiger partial charge < -0.3 is 10.6 Å². The van der Waals surface area contributed by atoms with Crippen molar-refractivity contribution in [2.75, 3.05) is 13.6 Å². The van der Waals surface area contributed by atoms with Crippen molar-refractivity contribution in [1.82, 2.24) is 20.2 Å². The molecule has 0 bridgehead atoms. The average Bonchev–Trinajstić information content (AvgIpc) is 2.81. The number of carbonyl (C=O) groups excluding carboxylic acids is 1. The molecule has 2 N–H and O–H groups in total. The number of amides is 1. The molecule has 0 aliphatic heterocycles. The van der Waals surface area contributed by atoms with Crippen molar-refractivity contribution in [2.24, 2.45) is 5.41 Å². The van der Waals surface area contributed by atoms with E-state index in [-0.39, 0.29) is 5.91 Å². The smallest absolute Gasteiger partial charge is 0.226 e. The summed E-state index contributed by atoms with van der Waals surface area (Å²) in [6, 6.07) is 5.98. The fourth-order valence-electron chi connectivity index (χ4n) is 2.05. The van der Waals surface area contributed by atoms with Crippen molar-refractivity contribution in [1.29, 1.82) is 0 Å². The standard InChI is InChI=1S/C14H20N4O/c1-14(2,13(19)15-3)10-16-8-11-9-17-18-7-5-4-6-12(11)18/h4-7,9,16H,8,10H2,1-3H3,(H,15,19). The Kier molecular flexibility index (Phi) is 3.85. The van der Waals surface area contributed by atoms with E-state index >= 15 is 0 Å². The van der Waals surface area contributed by atoms with Crippen molar-refractivity contribution in [3.8, 4) is 0 Å². The van der Waals surface area contributed by atoms with E-state index in [0.717, 1.165) is 11.1 Å². The van der Waals surface area contributed by atoms with Crippen LogP contribution in [0.5, 0.6) is 0 Å². The summed E-state index contributed by atoms with van der Waals surface area (Å²) in [5.41, 5.74) is 1.80. The van der Waals surface area contributed by atoms with Crippen molar-refractivity contribution < 1.29 is 4.79 Å². The second kappa shape index (κ2) is 5.40. The molecule has 0 aromatic carbocycles. The summed E-state index contributed by atoms with van der Waals surface area (Å²) in [7, 11) is 1.66. The van der Waals surface area contributed by atoms with Crippen molar-refractivity contribution >= 4 is 11.4 Å². The van der Waals surface area contributed by atoms with E-state index in [1.165, 1.54) is 0 Å². The monoisotopic (exact) mass is 260 g/mol. The zero-order valence-electron chi connectivity index (χ0n) is 11.6. The molecule has 0 radical (unpaired) electrons. The topological polar surface area (TPSA) is 58.4 Å². The van der Waals surface area contributed by atoms with Gasteiger partial charge in [-0.3, -0.25) is 4.79 Å². The fraction of sp³-hybridized carbons (Fsp3) is 0.429. The molecule has 0 saturated carbocycles. The van der Waals surface area contributed by atoms with Crippen LogP contribution in [0, 0.1) is 5.41 Å². The first kappa shape index (κ1) is 13.5. The minimum Gasteiger partial charge on any atom is -0.359 e. The molecule has 102 valence electrons. The second-order valence-corrected chi connectivity index (χ2v) is 5.27. The van der Waals surface area contributed by atoms with Gasteiger partial charge in [-0.15, -0.1) is 0 Å². The van der Waals surface area contributed by atoms with Crippen molar-refractivity contribution in [3.05, 3.63) is 36.2 Å². The molecule has 0 atom stereocenters. The molecule has 2 rings (SSSR count). The summed E-state index contributed by atoms with van der Waals surface area (Å²) in [5.74, 6) is 0.0415. The number of aromatic nitrogens is 2. The Hall–Kier alpha value is -1.88. The first-order chi connectivity index (χ1) is 9.04. The molecule has 1 amide bonds. The molecule has 0 spiro atoms. The third kappa shape index (κ3) is 2.93. The number of hydrogen-bond donors (Lipinski definition) is 2. The molecule has 2 aromatic rings. The lowest BCUT2D eigenvalue weighted by Gasteiger charge is -2.22. The van der Waals surface area contributed by atoms with Crippen LogP contribution in [-0.4, -0.2) is 29.1 Å². The average molecular weight is 260 g/mol. The highest BCUT2D eigenvalue weighted by Gasteiger charge is 2.25. The van der Waals surface area contributed by atoms with Gasteiger partial charge in [-0.05, 0) is 26.0 Å². The van der Waals surface area contributed by atoms with Gasteiger partial charge in [-0.2, -0.15) is 5.10 Å². The quantitative estimate of drug-likeness (QED) is 0.849. The summed E-state index contributed by atoms with van der Waals surface area (Å²) < 4.78 is 1.85. The summed E-state index contributed by atoms with van der Waals surface area (Å²) in [6.07, 6.45) is 3.78. The molecule has 0 fully saturated rings. The van der Waals surface area contributed by atoms with Crippen LogP contribution < -0.4 is 10.6 Å². The second-order valence-electron chi connectivity index (χ2n) is 5.27. The number of nitrogens with zero attached hydrogens (tertiary/aromatic N) is 2. The third-order valence-corrected chi connectivity index (χ3v) is 3.23.